The molecule has 1 aliphatic heterocycles. The van der Waals surface area contributed by atoms with Crippen molar-refractivity contribution in [1.82, 2.24) is 10.2 Å². The molecule has 1 aromatic rings. The first-order valence-electron chi connectivity index (χ1n) is 7.72. The Hall–Kier alpha value is -2.12. The average Bonchev–Trinajstić information content (AvgIpc) is 2.94. The molecule has 0 aromatic heterocycles. The first kappa shape index (κ1) is 19.9. The number of rotatable bonds is 6. The summed E-state index contributed by atoms with van der Waals surface area (Å²) < 4.78 is 0. The minimum atomic E-state index is -0.386. The minimum Gasteiger partial charge on any atom is -0.351 e. The van der Waals surface area contributed by atoms with Gasteiger partial charge in [-0.15, -0.1) is 12.4 Å². The molecule has 1 heterocycles. The Kier molecular flexibility index (Phi) is 7.67. The molecule has 0 saturated carbocycles. The number of amides is 3. The van der Waals surface area contributed by atoms with Crippen molar-refractivity contribution in [3.63, 3.8) is 0 Å². The Morgan fingerprint density at radius 3 is 2.67 bits per heavy atom. The second kappa shape index (κ2) is 9.24. The predicted molar refractivity (Wildman–Crippen MR) is 94.1 cm³/mol. The van der Waals surface area contributed by atoms with Crippen LogP contribution in [-0.2, 0) is 9.59 Å². The number of carbonyl (C=O) groups excluding carboxylic acids is 3. The number of hydrogen-bond donors (Lipinski definition) is 3. The van der Waals surface area contributed by atoms with E-state index in [4.69, 9.17) is 5.73 Å². The summed E-state index contributed by atoms with van der Waals surface area (Å²) in [5.74, 6) is -0.929. The zero-order valence-electron chi connectivity index (χ0n) is 13.6. The van der Waals surface area contributed by atoms with Gasteiger partial charge in [-0.3, -0.25) is 14.4 Å². The van der Waals surface area contributed by atoms with Gasteiger partial charge in [0, 0.05) is 32.6 Å². The first-order chi connectivity index (χ1) is 11.1. The van der Waals surface area contributed by atoms with Gasteiger partial charge in [-0.1, -0.05) is 12.1 Å². The van der Waals surface area contributed by atoms with Gasteiger partial charge in [0.2, 0.25) is 11.8 Å². The van der Waals surface area contributed by atoms with E-state index in [2.05, 4.69) is 10.6 Å². The molecule has 0 spiro atoms. The van der Waals surface area contributed by atoms with Crippen molar-refractivity contribution in [2.45, 2.75) is 13.3 Å². The van der Waals surface area contributed by atoms with E-state index < -0.39 is 0 Å². The summed E-state index contributed by atoms with van der Waals surface area (Å²) in [7, 11) is 0. The Bertz CT molecular complexity index is 609. The van der Waals surface area contributed by atoms with Crippen molar-refractivity contribution < 1.29 is 14.4 Å². The number of likely N-dealkylation sites (tertiary alicyclic amines) is 1. The highest BCUT2D eigenvalue weighted by molar-refractivity contribution is 6.05. The molecule has 1 saturated heterocycles. The smallest absolute Gasteiger partial charge is 0.253 e. The van der Waals surface area contributed by atoms with Crippen LogP contribution in [0, 0.1) is 5.92 Å². The van der Waals surface area contributed by atoms with Crippen molar-refractivity contribution >= 4 is 35.8 Å². The number of nitrogens with zero attached hydrogens (tertiary/aromatic N) is 1. The molecule has 2 rings (SSSR count). The highest BCUT2D eigenvalue weighted by atomic mass is 35.5. The highest BCUT2D eigenvalue weighted by Gasteiger charge is 2.33. The van der Waals surface area contributed by atoms with Gasteiger partial charge in [0.25, 0.3) is 5.91 Å². The maximum atomic E-state index is 12.4. The fraction of sp³-hybridized carbons (Fsp3) is 0.438. The fourth-order valence-corrected chi connectivity index (χ4v) is 2.56. The zero-order chi connectivity index (χ0) is 16.8. The number of hydrogen-bond acceptors (Lipinski definition) is 4. The molecule has 1 unspecified atom stereocenters. The van der Waals surface area contributed by atoms with Crippen LogP contribution in [0.1, 0.15) is 23.7 Å². The quantitative estimate of drug-likeness (QED) is 0.695. The first-order valence-corrected chi connectivity index (χ1v) is 7.72. The molecule has 0 aliphatic carbocycles. The van der Waals surface area contributed by atoms with Gasteiger partial charge >= 0.3 is 0 Å². The van der Waals surface area contributed by atoms with Crippen LogP contribution >= 0.6 is 12.4 Å². The van der Waals surface area contributed by atoms with Crippen LogP contribution in [0.5, 0.6) is 0 Å². The van der Waals surface area contributed by atoms with Gasteiger partial charge in [-0.25, -0.2) is 0 Å². The summed E-state index contributed by atoms with van der Waals surface area (Å²) in [6, 6.07) is 6.78. The van der Waals surface area contributed by atoms with Gasteiger partial charge in [0.1, 0.15) is 0 Å². The van der Waals surface area contributed by atoms with Crippen LogP contribution in [0.2, 0.25) is 0 Å². The SMILES string of the molecule is CCN1CC(C(=O)Nc2ccccc2C(=O)NCCN)CC1=O.Cl. The van der Waals surface area contributed by atoms with Crippen LogP contribution in [0.3, 0.4) is 0 Å². The lowest BCUT2D eigenvalue weighted by Gasteiger charge is -2.15. The van der Waals surface area contributed by atoms with Gasteiger partial charge in [-0.2, -0.15) is 0 Å². The molecular formula is C16H23ClN4O3. The minimum absolute atomic E-state index is 0. The molecule has 1 fully saturated rings. The van der Waals surface area contributed by atoms with Crippen molar-refractivity contribution in [2.24, 2.45) is 11.7 Å². The number of halogens is 1. The van der Waals surface area contributed by atoms with E-state index >= 15 is 0 Å². The third-order valence-electron chi connectivity index (χ3n) is 3.83. The summed E-state index contributed by atoms with van der Waals surface area (Å²) in [4.78, 5) is 37.9. The molecule has 0 radical (unpaired) electrons. The lowest BCUT2D eigenvalue weighted by Crippen LogP contribution is -2.31. The highest BCUT2D eigenvalue weighted by Crippen LogP contribution is 2.21. The standard InChI is InChI=1S/C16H22N4O3.ClH/c1-2-20-10-11(9-14(20)21)15(22)19-13-6-4-3-5-12(13)16(23)18-8-7-17;/h3-6,11H,2,7-10,17H2,1H3,(H,18,23)(H,19,22);1H. The van der Waals surface area contributed by atoms with Crippen LogP contribution in [0.25, 0.3) is 0 Å². The van der Waals surface area contributed by atoms with Crippen LogP contribution in [0.15, 0.2) is 24.3 Å². The Morgan fingerprint density at radius 2 is 2.04 bits per heavy atom. The maximum absolute atomic E-state index is 12.4. The van der Waals surface area contributed by atoms with Crippen molar-refractivity contribution in [1.29, 1.82) is 0 Å². The third kappa shape index (κ3) is 4.69. The number of carbonyl (C=O) groups is 3. The van der Waals surface area contributed by atoms with E-state index in [1.807, 2.05) is 6.92 Å². The molecule has 0 bridgehead atoms. The van der Waals surface area contributed by atoms with Crippen molar-refractivity contribution in [3.8, 4) is 0 Å². The Balaban J connectivity index is 0.00000288. The summed E-state index contributed by atoms with van der Waals surface area (Å²) in [5, 5.41) is 5.44. The van der Waals surface area contributed by atoms with Crippen LogP contribution in [0.4, 0.5) is 5.69 Å². The normalized spacial score (nSPS) is 16.5. The molecule has 4 N–H and O–H groups in total. The lowest BCUT2D eigenvalue weighted by molar-refractivity contribution is -0.128. The van der Waals surface area contributed by atoms with Gasteiger partial charge in [-0.05, 0) is 19.1 Å². The summed E-state index contributed by atoms with van der Waals surface area (Å²) >= 11 is 0. The van der Waals surface area contributed by atoms with Crippen LogP contribution in [-0.4, -0.2) is 48.8 Å². The summed E-state index contributed by atoms with van der Waals surface area (Å²) in [6.07, 6.45) is 0.210. The molecule has 1 atom stereocenters. The number of nitrogens with one attached hydrogen (secondary N) is 2. The third-order valence-corrected chi connectivity index (χ3v) is 3.83. The topological polar surface area (TPSA) is 105 Å². The molecule has 24 heavy (non-hydrogen) atoms. The Labute approximate surface area is 147 Å². The second-order valence-electron chi connectivity index (χ2n) is 5.41. The molecule has 7 nitrogen and oxygen atoms in total. The van der Waals surface area contributed by atoms with Gasteiger partial charge in [0.15, 0.2) is 0 Å². The van der Waals surface area contributed by atoms with E-state index in [1.165, 1.54) is 0 Å². The van der Waals surface area contributed by atoms with E-state index in [9.17, 15) is 14.4 Å². The molecule has 132 valence electrons. The number of para-hydroxylation sites is 1. The zero-order valence-corrected chi connectivity index (χ0v) is 14.4. The van der Waals surface area contributed by atoms with E-state index in [-0.39, 0.29) is 42.5 Å². The molecule has 1 aliphatic rings. The lowest BCUT2D eigenvalue weighted by atomic mass is 10.1. The molecule has 1 aromatic carbocycles. The largest absolute Gasteiger partial charge is 0.351 e. The maximum Gasteiger partial charge on any atom is 0.253 e. The molecule has 8 heteroatoms. The van der Waals surface area contributed by atoms with Crippen molar-refractivity contribution in [3.05, 3.63) is 29.8 Å². The summed E-state index contributed by atoms with van der Waals surface area (Å²) in [5.41, 5.74) is 6.19. The van der Waals surface area contributed by atoms with E-state index in [1.54, 1.807) is 29.2 Å². The van der Waals surface area contributed by atoms with Crippen LogP contribution < -0.4 is 16.4 Å². The number of benzene rings is 1. The van der Waals surface area contributed by atoms with Gasteiger partial charge in [0.05, 0.1) is 17.2 Å². The molecular weight excluding hydrogens is 332 g/mol. The van der Waals surface area contributed by atoms with E-state index in [0.717, 1.165) is 0 Å². The summed E-state index contributed by atoms with van der Waals surface area (Å²) in [6.45, 7) is 3.61. The molecule has 3 amide bonds. The monoisotopic (exact) mass is 354 g/mol. The predicted octanol–water partition coefficient (Wildman–Crippen LogP) is 0.604. The number of anilines is 1. The number of nitrogens with two attached hydrogens (primary N) is 1. The van der Waals surface area contributed by atoms with Gasteiger partial charge < -0.3 is 21.3 Å². The fourth-order valence-electron chi connectivity index (χ4n) is 2.56. The Morgan fingerprint density at radius 1 is 1.33 bits per heavy atom. The van der Waals surface area contributed by atoms with E-state index in [0.29, 0.717) is 37.4 Å². The van der Waals surface area contributed by atoms with Crippen molar-refractivity contribution in [2.75, 3.05) is 31.5 Å². The second-order valence-corrected chi connectivity index (χ2v) is 5.41. The average molecular weight is 355 g/mol.